The summed E-state index contributed by atoms with van der Waals surface area (Å²) in [4.78, 5) is 33.5. The van der Waals surface area contributed by atoms with Crippen LogP contribution in [0.1, 0.15) is 17.3 Å². The van der Waals surface area contributed by atoms with Gasteiger partial charge in [0.25, 0.3) is 5.91 Å². The highest BCUT2D eigenvalue weighted by atomic mass is 19.1. The fourth-order valence-corrected chi connectivity index (χ4v) is 1.94. The van der Waals surface area contributed by atoms with Crippen molar-refractivity contribution >= 4 is 23.3 Å². The molecular formula is C16H11F3N2O5. The molecule has 0 bridgehead atoms. The van der Waals surface area contributed by atoms with E-state index in [0.29, 0.717) is 0 Å². The zero-order valence-electron chi connectivity index (χ0n) is 13.2. The van der Waals surface area contributed by atoms with Crippen LogP contribution in [-0.4, -0.2) is 22.9 Å². The lowest BCUT2D eigenvalue weighted by atomic mass is 10.2. The van der Waals surface area contributed by atoms with E-state index in [4.69, 9.17) is 4.74 Å². The van der Waals surface area contributed by atoms with E-state index in [2.05, 4.69) is 5.32 Å². The molecule has 0 aromatic heterocycles. The molecule has 0 aliphatic heterocycles. The van der Waals surface area contributed by atoms with E-state index in [1.54, 1.807) is 0 Å². The van der Waals surface area contributed by atoms with E-state index < -0.39 is 51.6 Å². The molecule has 0 aliphatic rings. The maximum Gasteiger partial charge on any atom is 0.344 e. The number of carbonyl (C=O) groups is 2. The Kier molecular flexibility index (Phi) is 5.55. The van der Waals surface area contributed by atoms with Crippen LogP contribution in [-0.2, 0) is 9.53 Å². The van der Waals surface area contributed by atoms with Gasteiger partial charge in [-0.25, -0.2) is 13.6 Å². The zero-order valence-corrected chi connectivity index (χ0v) is 13.2. The Balaban J connectivity index is 2.10. The number of amides is 1. The van der Waals surface area contributed by atoms with E-state index in [9.17, 15) is 32.9 Å². The number of carbonyl (C=O) groups excluding carboxylic acids is 2. The molecule has 10 heteroatoms. The molecule has 1 atom stereocenters. The fraction of sp³-hybridized carbons (Fsp3) is 0.125. The standard InChI is InChI=1S/C16H11F3N2O5/c1-8(26-16(23)14-11(18)3-2-4-12(14)19)15(22)20-9-5-6-10(17)13(7-9)21(24)25/h2-8H,1H3,(H,20,22)/t8-/m1/s1. The highest BCUT2D eigenvalue weighted by molar-refractivity contribution is 5.97. The molecule has 1 amide bonds. The van der Waals surface area contributed by atoms with Gasteiger partial charge in [-0.15, -0.1) is 0 Å². The summed E-state index contributed by atoms with van der Waals surface area (Å²) in [5, 5.41) is 12.8. The largest absolute Gasteiger partial charge is 0.449 e. The zero-order chi connectivity index (χ0) is 19.4. The monoisotopic (exact) mass is 368 g/mol. The van der Waals surface area contributed by atoms with Crippen molar-refractivity contribution < 1.29 is 32.4 Å². The minimum absolute atomic E-state index is 0.122. The average Bonchev–Trinajstić information content (AvgIpc) is 2.56. The first-order valence-electron chi connectivity index (χ1n) is 7.10. The number of hydrogen-bond acceptors (Lipinski definition) is 5. The Morgan fingerprint density at radius 3 is 2.31 bits per heavy atom. The summed E-state index contributed by atoms with van der Waals surface area (Å²) in [5.74, 6) is -5.74. The fourth-order valence-electron chi connectivity index (χ4n) is 1.94. The van der Waals surface area contributed by atoms with Gasteiger partial charge in [0.15, 0.2) is 6.10 Å². The van der Waals surface area contributed by atoms with Gasteiger partial charge in [0.1, 0.15) is 17.2 Å². The summed E-state index contributed by atoms with van der Waals surface area (Å²) in [6.07, 6.45) is -1.48. The highest BCUT2D eigenvalue weighted by Crippen LogP contribution is 2.22. The highest BCUT2D eigenvalue weighted by Gasteiger charge is 2.24. The molecule has 0 spiro atoms. The van der Waals surface area contributed by atoms with Crippen molar-refractivity contribution in [3.63, 3.8) is 0 Å². The van der Waals surface area contributed by atoms with Crippen molar-refractivity contribution in [2.24, 2.45) is 0 Å². The molecule has 0 aliphatic carbocycles. The van der Waals surface area contributed by atoms with E-state index in [1.165, 1.54) is 0 Å². The molecule has 2 rings (SSSR count). The number of anilines is 1. The molecule has 1 N–H and O–H groups in total. The molecule has 26 heavy (non-hydrogen) atoms. The molecular weight excluding hydrogens is 357 g/mol. The molecule has 7 nitrogen and oxygen atoms in total. The Morgan fingerprint density at radius 2 is 1.73 bits per heavy atom. The molecule has 0 heterocycles. The molecule has 2 aromatic carbocycles. The van der Waals surface area contributed by atoms with Crippen molar-refractivity contribution in [2.75, 3.05) is 5.32 Å². The number of halogens is 3. The van der Waals surface area contributed by atoms with Crippen LogP contribution < -0.4 is 5.32 Å². The third kappa shape index (κ3) is 4.15. The topological polar surface area (TPSA) is 98.5 Å². The Bertz CT molecular complexity index is 868. The normalized spacial score (nSPS) is 11.5. The molecule has 0 unspecified atom stereocenters. The van der Waals surface area contributed by atoms with E-state index in [-0.39, 0.29) is 5.69 Å². The quantitative estimate of drug-likeness (QED) is 0.496. The van der Waals surface area contributed by atoms with Gasteiger partial charge >= 0.3 is 11.7 Å². The van der Waals surface area contributed by atoms with Crippen LogP contribution in [0.15, 0.2) is 36.4 Å². The number of nitro groups is 1. The van der Waals surface area contributed by atoms with Gasteiger partial charge in [-0.05, 0) is 31.2 Å². The summed E-state index contributed by atoms with van der Waals surface area (Å²) >= 11 is 0. The molecule has 0 saturated heterocycles. The lowest BCUT2D eigenvalue weighted by Gasteiger charge is -2.14. The third-order valence-electron chi connectivity index (χ3n) is 3.23. The van der Waals surface area contributed by atoms with Crippen LogP contribution >= 0.6 is 0 Å². The van der Waals surface area contributed by atoms with Crippen molar-refractivity contribution in [1.82, 2.24) is 0 Å². The van der Waals surface area contributed by atoms with Gasteiger partial charge in [-0.2, -0.15) is 4.39 Å². The summed E-state index contributed by atoms with van der Waals surface area (Å²) < 4.78 is 45.0. The minimum Gasteiger partial charge on any atom is -0.449 e. The maximum atomic E-state index is 13.5. The average molecular weight is 368 g/mol. The Morgan fingerprint density at radius 1 is 1.12 bits per heavy atom. The first-order valence-corrected chi connectivity index (χ1v) is 7.10. The number of ether oxygens (including phenoxy) is 1. The number of hydrogen-bond donors (Lipinski definition) is 1. The molecule has 136 valence electrons. The molecule has 0 saturated carbocycles. The Hall–Kier alpha value is -3.43. The van der Waals surface area contributed by atoms with Gasteiger partial charge in [0, 0.05) is 11.8 Å². The van der Waals surface area contributed by atoms with Gasteiger partial charge in [0.2, 0.25) is 5.82 Å². The van der Waals surface area contributed by atoms with Crippen LogP contribution in [0.4, 0.5) is 24.5 Å². The van der Waals surface area contributed by atoms with Crippen molar-refractivity contribution in [3.05, 3.63) is 69.5 Å². The van der Waals surface area contributed by atoms with Gasteiger partial charge in [0.05, 0.1) is 4.92 Å². The number of nitrogens with one attached hydrogen (secondary N) is 1. The van der Waals surface area contributed by atoms with Gasteiger partial charge < -0.3 is 10.1 Å². The summed E-state index contributed by atoms with van der Waals surface area (Å²) in [6, 6.07) is 5.37. The maximum absolute atomic E-state index is 13.5. The second kappa shape index (κ2) is 7.64. The van der Waals surface area contributed by atoms with Crippen LogP contribution in [0, 0.1) is 27.6 Å². The Labute approximate surface area is 144 Å². The molecule has 0 radical (unpaired) electrons. The van der Waals surface area contributed by atoms with Crippen molar-refractivity contribution in [2.45, 2.75) is 13.0 Å². The van der Waals surface area contributed by atoms with Crippen LogP contribution in [0.5, 0.6) is 0 Å². The van der Waals surface area contributed by atoms with Crippen LogP contribution in [0.3, 0.4) is 0 Å². The first-order chi connectivity index (χ1) is 12.2. The lowest BCUT2D eigenvalue weighted by molar-refractivity contribution is -0.387. The SMILES string of the molecule is C[C@@H](OC(=O)c1c(F)cccc1F)C(=O)Nc1ccc(F)c([N+](=O)[O-])c1. The number of nitrogens with zero attached hydrogens (tertiary/aromatic N) is 1. The van der Waals surface area contributed by atoms with Crippen molar-refractivity contribution in [3.8, 4) is 0 Å². The summed E-state index contributed by atoms with van der Waals surface area (Å²) in [5.41, 5.74) is -1.94. The minimum atomic E-state index is -1.48. The number of esters is 1. The van der Waals surface area contributed by atoms with Crippen LogP contribution in [0.2, 0.25) is 0 Å². The second-order valence-corrected chi connectivity index (χ2v) is 5.06. The summed E-state index contributed by atoms with van der Waals surface area (Å²) in [6.45, 7) is 1.13. The number of rotatable bonds is 5. The van der Waals surface area contributed by atoms with E-state index in [1.807, 2.05) is 0 Å². The first kappa shape index (κ1) is 18.9. The predicted octanol–water partition coefficient (Wildman–Crippen LogP) is 3.20. The van der Waals surface area contributed by atoms with Gasteiger partial charge in [-0.1, -0.05) is 6.07 Å². The van der Waals surface area contributed by atoms with Gasteiger partial charge in [-0.3, -0.25) is 14.9 Å². The third-order valence-corrected chi connectivity index (χ3v) is 3.23. The molecule has 0 fully saturated rings. The van der Waals surface area contributed by atoms with Crippen LogP contribution in [0.25, 0.3) is 0 Å². The number of benzene rings is 2. The predicted molar refractivity (Wildman–Crippen MR) is 82.9 cm³/mol. The lowest BCUT2D eigenvalue weighted by Crippen LogP contribution is -2.30. The smallest absolute Gasteiger partial charge is 0.344 e. The van der Waals surface area contributed by atoms with E-state index in [0.717, 1.165) is 43.3 Å². The number of nitro benzene ring substituents is 1. The second-order valence-electron chi connectivity index (χ2n) is 5.06. The summed E-state index contributed by atoms with van der Waals surface area (Å²) in [7, 11) is 0. The molecule has 2 aromatic rings. The van der Waals surface area contributed by atoms with E-state index >= 15 is 0 Å². The van der Waals surface area contributed by atoms with Crippen molar-refractivity contribution in [1.29, 1.82) is 0 Å².